The van der Waals surface area contributed by atoms with Gasteiger partial charge in [-0.25, -0.2) is 4.39 Å². The first-order chi connectivity index (χ1) is 18.1. The van der Waals surface area contributed by atoms with Crippen LogP contribution in [0.2, 0.25) is 0 Å². The second-order valence-corrected chi connectivity index (χ2v) is 11.3. The SMILES string of the molecule is CC(C)(C)c1ccc(N(C(=O)[C@H]2C[C@@H](O)CN2C#N)C(C(=O)NC2CCCCC2)c2cncc(F)c2)cc1. The summed E-state index contributed by atoms with van der Waals surface area (Å²) in [6.07, 6.45) is 8.45. The van der Waals surface area contributed by atoms with Crippen LogP contribution in [0.1, 0.15) is 76.5 Å². The number of anilines is 1. The Hall–Kier alpha value is -3.51. The third-order valence-electron chi connectivity index (χ3n) is 7.44. The van der Waals surface area contributed by atoms with Gasteiger partial charge in [-0.3, -0.25) is 24.4 Å². The first-order valence-corrected chi connectivity index (χ1v) is 13.3. The number of nitrogens with one attached hydrogen (secondary N) is 1. The highest BCUT2D eigenvalue weighted by Crippen LogP contribution is 2.34. The zero-order valence-corrected chi connectivity index (χ0v) is 22.2. The van der Waals surface area contributed by atoms with Crippen molar-refractivity contribution >= 4 is 17.5 Å². The van der Waals surface area contributed by atoms with Crippen LogP contribution in [0.3, 0.4) is 0 Å². The van der Waals surface area contributed by atoms with Crippen molar-refractivity contribution in [3.05, 3.63) is 59.7 Å². The lowest BCUT2D eigenvalue weighted by Crippen LogP contribution is -2.51. The van der Waals surface area contributed by atoms with E-state index in [0.717, 1.165) is 43.9 Å². The molecule has 1 aromatic heterocycles. The van der Waals surface area contributed by atoms with Gasteiger partial charge in [-0.2, -0.15) is 5.26 Å². The third-order valence-corrected chi connectivity index (χ3v) is 7.44. The van der Waals surface area contributed by atoms with E-state index in [9.17, 15) is 24.3 Å². The molecule has 9 heteroatoms. The van der Waals surface area contributed by atoms with Crippen molar-refractivity contribution < 1.29 is 19.1 Å². The smallest absolute Gasteiger partial charge is 0.251 e. The number of rotatable bonds is 6. The van der Waals surface area contributed by atoms with Gasteiger partial charge in [0.1, 0.15) is 17.9 Å². The van der Waals surface area contributed by atoms with Crippen LogP contribution in [0, 0.1) is 17.3 Å². The van der Waals surface area contributed by atoms with E-state index in [1.54, 1.807) is 12.1 Å². The van der Waals surface area contributed by atoms with Crippen LogP contribution in [0.15, 0.2) is 42.7 Å². The van der Waals surface area contributed by atoms with Crippen molar-refractivity contribution in [2.75, 3.05) is 11.4 Å². The molecule has 202 valence electrons. The van der Waals surface area contributed by atoms with Crippen molar-refractivity contribution in [1.82, 2.24) is 15.2 Å². The molecule has 1 aromatic carbocycles. The van der Waals surface area contributed by atoms with E-state index in [4.69, 9.17) is 0 Å². The summed E-state index contributed by atoms with van der Waals surface area (Å²) in [7, 11) is 0. The van der Waals surface area contributed by atoms with Crippen LogP contribution in [-0.2, 0) is 15.0 Å². The maximum atomic E-state index is 14.4. The topological polar surface area (TPSA) is 110 Å². The lowest BCUT2D eigenvalue weighted by atomic mass is 9.87. The second kappa shape index (κ2) is 11.5. The molecule has 2 amide bonds. The van der Waals surface area contributed by atoms with Gasteiger partial charge >= 0.3 is 0 Å². The molecule has 8 nitrogen and oxygen atoms in total. The fourth-order valence-corrected chi connectivity index (χ4v) is 5.37. The molecule has 2 aromatic rings. The highest BCUT2D eigenvalue weighted by molar-refractivity contribution is 6.04. The quantitative estimate of drug-likeness (QED) is 0.557. The highest BCUT2D eigenvalue weighted by Gasteiger charge is 2.43. The Morgan fingerprint density at radius 3 is 2.47 bits per heavy atom. The molecule has 2 fully saturated rings. The van der Waals surface area contributed by atoms with Crippen molar-refractivity contribution in [1.29, 1.82) is 5.26 Å². The number of benzene rings is 1. The molecule has 0 radical (unpaired) electrons. The number of aromatic nitrogens is 1. The molecule has 4 rings (SSSR count). The zero-order chi connectivity index (χ0) is 27.4. The molecule has 1 aliphatic carbocycles. The minimum Gasteiger partial charge on any atom is -0.391 e. The number of β-amino-alcohol motifs (C(OH)–C–C–N with tert-alkyl or cyclic N) is 1. The predicted octanol–water partition coefficient (Wildman–Crippen LogP) is 3.96. The fraction of sp³-hybridized carbons (Fsp3) is 0.517. The maximum Gasteiger partial charge on any atom is 0.251 e. The van der Waals surface area contributed by atoms with Crippen LogP contribution in [0.25, 0.3) is 0 Å². The number of carbonyl (C=O) groups is 2. The average molecular weight is 522 g/mol. The Morgan fingerprint density at radius 1 is 1.18 bits per heavy atom. The number of aliphatic hydroxyl groups excluding tert-OH is 1. The monoisotopic (exact) mass is 521 g/mol. The van der Waals surface area contributed by atoms with Crippen LogP contribution < -0.4 is 10.2 Å². The molecule has 2 aliphatic rings. The van der Waals surface area contributed by atoms with Crippen LogP contribution >= 0.6 is 0 Å². The number of likely N-dealkylation sites (tertiary alicyclic amines) is 1. The molecule has 1 saturated carbocycles. The van der Waals surface area contributed by atoms with Crippen LogP contribution in [0.5, 0.6) is 0 Å². The van der Waals surface area contributed by atoms with Gasteiger partial charge in [0.15, 0.2) is 6.19 Å². The van der Waals surface area contributed by atoms with Crippen molar-refractivity contribution in [3.63, 3.8) is 0 Å². The Kier molecular flexibility index (Phi) is 8.32. The molecular formula is C29H36FN5O3. The van der Waals surface area contributed by atoms with Gasteiger partial charge < -0.3 is 10.4 Å². The molecule has 2 N–H and O–H groups in total. The number of pyridine rings is 1. The Balaban J connectivity index is 1.81. The van der Waals surface area contributed by atoms with Gasteiger partial charge in [0.05, 0.1) is 18.8 Å². The number of nitrogens with zero attached hydrogens (tertiary/aromatic N) is 4. The third kappa shape index (κ3) is 6.13. The molecular weight excluding hydrogens is 485 g/mol. The number of amides is 2. The van der Waals surface area contributed by atoms with Crippen LogP contribution in [-0.4, -0.2) is 51.5 Å². The molecule has 38 heavy (non-hydrogen) atoms. The molecule has 2 heterocycles. The summed E-state index contributed by atoms with van der Waals surface area (Å²) in [4.78, 5) is 34.6. The molecule has 1 aliphatic heterocycles. The number of hydrogen-bond acceptors (Lipinski definition) is 6. The van der Waals surface area contributed by atoms with Crippen LogP contribution in [0.4, 0.5) is 10.1 Å². The van der Waals surface area contributed by atoms with E-state index < -0.39 is 35.8 Å². The van der Waals surface area contributed by atoms with E-state index in [1.807, 2.05) is 18.3 Å². The van der Waals surface area contributed by atoms with Gasteiger partial charge in [0.2, 0.25) is 5.91 Å². The largest absolute Gasteiger partial charge is 0.391 e. The van der Waals surface area contributed by atoms with E-state index >= 15 is 0 Å². The lowest BCUT2D eigenvalue weighted by Gasteiger charge is -2.35. The zero-order valence-electron chi connectivity index (χ0n) is 22.2. The number of hydrogen-bond donors (Lipinski definition) is 2. The summed E-state index contributed by atoms with van der Waals surface area (Å²) in [5.74, 6) is -1.57. The average Bonchev–Trinajstić information content (AvgIpc) is 3.27. The number of aliphatic hydroxyl groups is 1. The molecule has 3 atom stereocenters. The summed E-state index contributed by atoms with van der Waals surface area (Å²) in [5, 5.41) is 23.0. The second-order valence-electron chi connectivity index (χ2n) is 11.3. The molecule has 1 unspecified atom stereocenters. The van der Waals surface area contributed by atoms with Crippen molar-refractivity contribution in [2.45, 2.75) is 88.9 Å². The van der Waals surface area contributed by atoms with Gasteiger partial charge in [-0.15, -0.1) is 0 Å². The first kappa shape index (κ1) is 27.5. The van der Waals surface area contributed by atoms with Gasteiger partial charge in [0.25, 0.3) is 5.91 Å². The molecule has 0 spiro atoms. The van der Waals surface area contributed by atoms with Crippen molar-refractivity contribution in [2.24, 2.45) is 0 Å². The first-order valence-electron chi connectivity index (χ1n) is 13.3. The Morgan fingerprint density at radius 2 is 1.87 bits per heavy atom. The lowest BCUT2D eigenvalue weighted by molar-refractivity contribution is -0.128. The van der Waals surface area contributed by atoms with Gasteiger partial charge in [-0.1, -0.05) is 52.2 Å². The summed E-state index contributed by atoms with van der Waals surface area (Å²) >= 11 is 0. The van der Waals surface area contributed by atoms with E-state index in [2.05, 4.69) is 31.1 Å². The Bertz CT molecular complexity index is 1180. The van der Waals surface area contributed by atoms with Gasteiger partial charge in [-0.05, 0) is 42.0 Å². The Labute approximate surface area is 223 Å². The molecule has 0 bridgehead atoms. The van der Waals surface area contributed by atoms with Gasteiger partial charge in [0, 0.05) is 29.9 Å². The predicted molar refractivity (Wildman–Crippen MR) is 141 cm³/mol. The maximum absolute atomic E-state index is 14.4. The van der Waals surface area contributed by atoms with E-state index in [0.29, 0.717) is 5.69 Å². The standard InChI is InChI=1S/C29H36FN5O3/c1-29(2,3)20-9-11-23(12-10-20)35(28(38)25-14-24(36)17-34(25)18-31)26(19-13-21(30)16-32-15-19)27(37)33-22-7-5-4-6-8-22/h9-13,15-16,22,24-26,36H,4-8,14,17H2,1-3H3,(H,33,37)/t24-,25-,26?/m1/s1. The number of halogens is 1. The number of carbonyl (C=O) groups excluding carboxylic acids is 2. The summed E-state index contributed by atoms with van der Waals surface area (Å²) in [6, 6.07) is 6.36. The normalized spacial score (nSPS) is 21.0. The highest BCUT2D eigenvalue weighted by atomic mass is 19.1. The minimum absolute atomic E-state index is 0.0319. The summed E-state index contributed by atoms with van der Waals surface area (Å²) in [5.41, 5.74) is 1.58. The fourth-order valence-electron chi connectivity index (χ4n) is 5.37. The number of nitriles is 1. The summed E-state index contributed by atoms with van der Waals surface area (Å²) < 4.78 is 14.4. The summed E-state index contributed by atoms with van der Waals surface area (Å²) in [6.45, 7) is 6.27. The van der Waals surface area contributed by atoms with E-state index in [1.165, 1.54) is 22.1 Å². The van der Waals surface area contributed by atoms with E-state index in [-0.39, 0.29) is 30.0 Å². The minimum atomic E-state index is -1.22. The van der Waals surface area contributed by atoms with Crippen molar-refractivity contribution in [3.8, 4) is 6.19 Å². The molecule has 1 saturated heterocycles.